The summed E-state index contributed by atoms with van der Waals surface area (Å²) in [4.78, 5) is 0. The Kier molecular flexibility index (Phi) is 3.22. The first-order valence-electron chi connectivity index (χ1n) is 5.41. The molecule has 0 aliphatic carbocycles. The highest BCUT2D eigenvalue weighted by Crippen LogP contribution is 2.14. The van der Waals surface area contributed by atoms with Crippen LogP contribution in [-0.4, -0.2) is 18.1 Å². The second-order valence-electron chi connectivity index (χ2n) is 3.91. The quantitative estimate of drug-likeness (QED) is 0.800. The molecule has 78 valence electrons. The van der Waals surface area contributed by atoms with Gasteiger partial charge in [0.25, 0.3) is 0 Å². The van der Waals surface area contributed by atoms with Gasteiger partial charge in [0.05, 0.1) is 12.3 Å². The number of rotatable bonds is 3. The van der Waals surface area contributed by atoms with Crippen molar-refractivity contribution >= 4 is 0 Å². The van der Waals surface area contributed by atoms with Crippen LogP contribution < -0.4 is 5.43 Å². The van der Waals surface area contributed by atoms with E-state index in [0.29, 0.717) is 0 Å². The minimum atomic E-state index is 0.281. The second-order valence-corrected chi connectivity index (χ2v) is 3.91. The van der Waals surface area contributed by atoms with Crippen LogP contribution in [0.25, 0.3) is 0 Å². The lowest BCUT2D eigenvalue weighted by Crippen LogP contribution is -2.42. The molecule has 1 fully saturated rings. The van der Waals surface area contributed by atoms with E-state index in [4.69, 9.17) is 4.42 Å². The molecule has 0 radical (unpaired) electrons. The van der Waals surface area contributed by atoms with Gasteiger partial charge in [-0.25, -0.2) is 10.4 Å². The first-order chi connectivity index (χ1) is 6.86. The van der Waals surface area contributed by atoms with Gasteiger partial charge in [-0.15, -0.1) is 0 Å². The Morgan fingerprint density at radius 3 is 2.79 bits per heavy atom. The third-order valence-electron chi connectivity index (χ3n) is 2.70. The molecule has 0 amide bonds. The van der Waals surface area contributed by atoms with Crippen molar-refractivity contribution in [2.24, 2.45) is 0 Å². The molecular formula is C11H18N2O. The molecule has 0 bridgehead atoms. The molecule has 2 heterocycles. The first-order valence-corrected chi connectivity index (χ1v) is 5.41. The van der Waals surface area contributed by atoms with E-state index in [-0.39, 0.29) is 6.04 Å². The lowest BCUT2D eigenvalue weighted by atomic mass is 10.1. The van der Waals surface area contributed by atoms with Gasteiger partial charge >= 0.3 is 0 Å². The molecule has 1 atom stereocenters. The fourth-order valence-corrected chi connectivity index (χ4v) is 1.90. The van der Waals surface area contributed by atoms with E-state index in [2.05, 4.69) is 17.4 Å². The molecule has 3 nitrogen and oxygen atoms in total. The topological polar surface area (TPSA) is 28.4 Å². The third kappa shape index (κ3) is 2.36. The number of piperidine rings is 1. The van der Waals surface area contributed by atoms with Gasteiger partial charge in [-0.3, -0.25) is 0 Å². The second kappa shape index (κ2) is 4.62. The van der Waals surface area contributed by atoms with Crippen LogP contribution >= 0.6 is 0 Å². The van der Waals surface area contributed by atoms with Crippen molar-refractivity contribution in [3.8, 4) is 0 Å². The molecular weight excluding hydrogens is 176 g/mol. The maximum atomic E-state index is 5.35. The van der Waals surface area contributed by atoms with Crippen LogP contribution in [0.3, 0.4) is 0 Å². The van der Waals surface area contributed by atoms with Crippen LogP contribution in [0.5, 0.6) is 0 Å². The van der Waals surface area contributed by atoms with Gasteiger partial charge in [0.1, 0.15) is 5.76 Å². The van der Waals surface area contributed by atoms with Crippen molar-refractivity contribution in [3.63, 3.8) is 0 Å². The van der Waals surface area contributed by atoms with Gasteiger partial charge in [0.15, 0.2) is 0 Å². The highest BCUT2D eigenvalue weighted by Gasteiger charge is 2.14. The molecule has 1 aromatic rings. The van der Waals surface area contributed by atoms with Gasteiger partial charge < -0.3 is 4.42 Å². The molecule has 1 N–H and O–H groups in total. The van der Waals surface area contributed by atoms with Gasteiger partial charge in [-0.1, -0.05) is 6.42 Å². The standard InChI is InChI=1S/C11H18N2O/c1-10(11-6-5-9-14-11)12-13-7-3-2-4-8-13/h5-6,9-10,12H,2-4,7-8H2,1H3. The molecule has 2 rings (SSSR count). The monoisotopic (exact) mass is 194 g/mol. The predicted molar refractivity (Wildman–Crippen MR) is 55.7 cm³/mol. The molecule has 1 aliphatic rings. The number of furan rings is 1. The molecule has 1 unspecified atom stereocenters. The van der Waals surface area contributed by atoms with Crippen molar-refractivity contribution in [1.82, 2.24) is 10.4 Å². The average molecular weight is 194 g/mol. The minimum Gasteiger partial charge on any atom is -0.468 e. The van der Waals surface area contributed by atoms with Crippen molar-refractivity contribution in [1.29, 1.82) is 0 Å². The molecule has 3 heteroatoms. The van der Waals surface area contributed by atoms with E-state index in [0.717, 1.165) is 18.8 Å². The number of hydrogen-bond acceptors (Lipinski definition) is 3. The van der Waals surface area contributed by atoms with E-state index in [1.54, 1.807) is 6.26 Å². The maximum absolute atomic E-state index is 5.35. The molecule has 14 heavy (non-hydrogen) atoms. The Bertz CT molecular complexity index is 252. The Balaban J connectivity index is 1.84. The van der Waals surface area contributed by atoms with Gasteiger partial charge in [-0.05, 0) is 31.9 Å². The fraction of sp³-hybridized carbons (Fsp3) is 0.636. The smallest absolute Gasteiger partial charge is 0.121 e. The van der Waals surface area contributed by atoms with E-state index < -0.39 is 0 Å². The summed E-state index contributed by atoms with van der Waals surface area (Å²) in [5.41, 5.74) is 3.46. The molecule has 0 aromatic carbocycles. The summed E-state index contributed by atoms with van der Waals surface area (Å²) >= 11 is 0. The zero-order valence-electron chi connectivity index (χ0n) is 8.70. The maximum Gasteiger partial charge on any atom is 0.121 e. The number of hydrazine groups is 1. The van der Waals surface area contributed by atoms with Crippen LogP contribution in [0.1, 0.15) is 38.0 Å². The summed E-state index contributed by atoms with van der Waals surface area (Å²) in [5, 5.41) is 2.30. The van der Waals surface area contributed by atoms with Gasteiger partial charge in [0.2, 0.25) is 0 Å². The van der Waals surface area contributed by atoms with Crippen LogP contribution in [0.15, 0.2) is 22.8 Å². The Morgan fingerprint density at radius 2 is 2.14 bits per heavy atom. The minimum absolute atomic E-state index is 0.281. The van der Waals surface area contributed by atoms with Gasteiger partial charge in [-0.2, -0.15) is 0 Å². The van der Waals surface area contributed by atoms with Crippen LogP contribution in [0, 0.1) is 0 Å². The van der Waals surface area contributed by atoms with Gasteiger partial charge in [0, 0.05) is 13.1 Å². The number of nitrogens with zero attached hydrogens (tertiary/aromatic N) is 1. The predicted octanol–water partition coefficient (Wildman–Crippen LogP) is 2.33. The lowest BCUT2D eigenvalue weighted by Gasteiger charge is -2.29. The van der Waals surface area contributed by atoms with Crippen molar-refractivity contribution in [2.45, 2.75) is 32.2 Å². The zero-order chi connectivity index (χ0) is 9.80. The first kappa shape index (κ1) is 9.74. The molecule has 1 saturated heterocycles. The summed E-state index contributed by atoms with van der Waals surface area (Å²) in [7, 11) is 0. The fourth-order valence-electron chi connectivity index (χ4n) is 1.90. The Morgan fingerprint density at radius 1 is 1.36 bits per heavy atom. The summed E-state index contributed by atoms with van der Waals surface area (Å²) < 4.78 is 5.35. The normalized spacial score (nSPS) is 20.9. The summed E-state index contributed by atoms with van der Waals surface area (Å²) in [5.74, 6) is 1.01. The Hall–Kier alpha value is -0.800. The average Bonchev–Trinajstić information content (AvgIpc) is 2.72. The van der Waals surface area contributed by atoms with Crippen LogP contribution in [-0.2, 0) is 0 Å². The largest absolute Gasteiger partial charge is 0.468 e. The van der Waals surface area contributed by atoms with Crippen molar-refractivity contribution in [3.05, 3.63) is 24.2 Å². The number of nitrogens with one attached hydrogen (secondary N) is 1. The number of hydrogen-bond donors (Lipinski definition) is 1. The molecule has 0 spiro atoms. The van der Waals surface area contributed by atoms with Crippen LogP contribution in [0.2, 0.25) is 0 Å². The summed E-state index contributed by atoms with van der Waals surface area (Å²) in [6.45, 7) is 4.45. The SMILES string of the molecule is CC(NN1CCCCC1)c1ccco1. The molecule has 1 aromatic heterocycles. The van der Waals surface area contributed by atoms with Crippen molar-refractivity contribution in [2.75, 3.05) is 13.1 Å². The summed E-state index contributed by atoms with van der Waals surface area (Å²) in [6, 6.07) is 4.23. The van der Waals surface area contributed by atoms with E-state index in [1.807, 2.05) is 12.1 Å². The zero-order valence-corrected chi connectivity index (χ0v) is 8.70. The highest BCUT2D eigenvalue weighted by molar-refractivity contribution is 5.02. The van der Waals surface area contributed by atoms with E-state index >= 15 is 0 Å². The van der Waals surface area contributed by atoms with E-state index in [9.17, 15) is 0 Å². The van der Waals surface area contributed by atoms with Crippen molar-refractivity contribution < 1.29 is 4.42 Å². The third-order valence-corrected chi connectivity index (χ3v) is 2.70. The molecule has 0 saturated carbocycles. The Labute approximate surface area is 85.1 Å². The van der Waals surface area contributed by atoms with E-state index in [1.165, 1.54) is 19.3 Å². The summed E-state index contributed by atoms with van der Waals surface area (Å²) in [6.07, 6.45) is 5.70. The van der Waals surface area contributed by atoms with Crippen LogP contribution in [0.4, 0.5) is 0 Å². The lowest BCUT2D eigenvalue weighted by molar-refractivity contribution is 0.126. The molecule has 1 aliphatic heterocycles. The highest BCUT2D eigenvalue weighted by atomic mass is 16.3.